The average molecular weight is 279 g/mol. The van der Waals surface area contributed by atoms with E-state index in [-0.39, 0.29) is 6.04 Å². The molecule has 2 rings (SSSR count). The second kappa shape index (κ2) is 6.66. The number of hydrogen-bond acceptors (Lipinski definition) is 4. The smallest absolute Gasteiger partial charge is 0.168 e. The van der Waals surface area contributed by atoms with Crippen molar-refractivity contribution in [2.24, 2.45) is 17.8 Å². The number of nitrogens with one attached hydrogen (secondary N) is 1. The molecule has 0 aromatic carbocycles. The van der Waals surface area contributed by atoms with Crippen LogP contribution in [0.1, 0.15) is 71.8 Å². The summed E-state index contributed by atoms with van der Waals surface area (Å²) in [6, 6.07) is 0.665. The van der Waals surface area contributed by atoms with Gasteiger partial charge in [-0.25, -0.2) is 4.68 Å². The SMILES string of the molecule is CC(C)CNC(C)c1nnnn1C1CCC(C)CC1C. The Bertz CT molecular complexity index is 414. The van der Waals surface area contributed by atoms with Gasteiger partial charge in [0.05, 0.1) is 12.1 Å². The van der Waals surface area contributed by atoms with Crippen LogP contribution in [0.5, 0.6) is 0 Å². The topological polar surface area (TPSA) is 55.6 Å². The standard InChI is InChI=1S/C15H29N5/c1-10(2)9-16-13(5)15-17-18-19-20(15)14-7-6-11(3)8-12(14)4/h10-14,16H,6-9H2,1-5H3. The Morgan fingerprint density at radius 2 is 2.00 bits per heavy atom. The fourth-order valence-corrected chi connectivity index (χ4v) is 3.24. The van der Waals surface area contributed by atoms with Crippen molar-refractivity contribution < 1.29 is 0 Å². The monoisotopic (exact) mass is 279 g/mol. The van der Waals surface area contributed by atoms with Gasteiger partial charge in [0, 0.05) is 0 Å². The lowest BCUT2D eigenvalue weighted by molar-refractivity contribution is 0.186. The summed E-state index contributed by atoms with van der Waals surface area (Å²) in [5.74, 6) is 3.10. The largest absolute Gasteiger partial charge is 0.307 e. The molecule has 1 aromatic heterocycles. The Labute approximate surface area is 122 Å². The van der Waals surface area contributed by atoms with Crippen molar-refractivity contribution >= 4 is 0 Å². The molecule has 0 aliphatic heterocycles. The lowest BCUT2D eigenvalue weighted by atomic mass is 9.80. The quantitative estimate of drug-likeness (QED) is 0.900. The predicted octanol–water partition coefficient (Wildman–Crippen LogP) is 2.98. The van der Waals surface area contributed by atoms with E-state index >= 15 is 0 Å². The zero-order valence-electron chi connectivity index (χ0n) is 13.5. The van der Waals surface area contributed by atoms with Gasteiger partial charge >= 0.3 is 0 Å². The molecule has 5 heteroatoms. The fraction of sp³-hybridized carbons (Fsp3) is 0.933. The van der Waals surface area contributed by atoms with Crippen molar-refractivity contribution in [3.63, 3.8) is 0 Å². The van der Waals surface area contributed by atoms with Gasteiger partial charge in [-0.2, -0.15) is 0 Å². The fourth-order valence-electron chi connectivity index (χ4n) is 3.24. The number of tetrazole rings is 1. The van der Waals surface area contributed by atoms with Gasteiger partial charge in [-0.05, 0) is 60.9 Å². The van der Waals surface area contributed by atoms with Crippen LogP contribution in [-0.4, -0.2) is 26.8 Å². The van der Waals surface area contributed by atoms with E-state index in [1.165, 1.54) is 19.3 Å². The van der Waals surface area contributed by atoms with E-state index in [1.807, 2.05) is 0 Å². The Balaban J connectivity index is 2.08. The molecule has 4 unspecified atom stereocenters. The summed E-state index contributed by atoms with van der Waals surface area (Å²) in [5, 5.41) is 16.0. The molecule has 20 heavy (non-hydrogen) atoms. The average Bonchev–Trinajstić information content (AvgIpc) is 2.85. The number of rotatable bonds is 5. The van der Waals surface area contributed by atoms with Crippen LogP contribution in [0.25, 0.3) is 0 Å². The lowest BCUT2D eigenvalue weighted by Crippen LogP contribution is -2.31. The highest BCUT2D eigenvalue weighted by Crippen LogP contribution is 2.37. The Hall–Kier alpha value is -0.970. The Morgan fingerprint density at radius 1 is 1.25 bits per heavy atom. The van der Waals surface area contributed by atoms with Gasteiger partial charge in [-0.15, -0.1) is 5.10 Å². The summed E-state index contributed by atoms with van der Waals surface area (Å²) in [6.45, 7) is 12.3. The van der Waals surface area contributed by atoms with Gasteiger partial charge in [-0.1, -0.05) is 27.7 Å². The maximum Gasteiger partial charge on any atom is 0.168 e. The van der Waals surface area contributed by atoms with Gasteiger partial charge in [0.1, 0.15) is 0 Å². The molecule has 1 heterocycles. The van der Waals surface area contributed by atoms with Crippen molar-refractivity contribution in [3.8, 4) is 0 Å². The second-order valence-electron chi connectivity index (χ2n) is 6.97. The molecule has 0 amide bonds. The van der Waals surface area contributed by atoms with Crippen LogP contribution in [0.3, 0.4) is 0 Å². The number of aromatic nitrogens is 4. The summed E-state index contributed by atoms with van der Waals surface area (Å²) < 4.78 is 2.08. The molecule has 1 aliphatic rings. The summed E-state index contributed by atoms with van der Waals surface area (Å²) in [6.07, 6.45) is 3.75. The molecule has 0 radical (unpaired) electrons. The minimum atomic E-state index is 0.207. The maximum absolute atomic E-state index is 4.28. The van der Waals surface area contributed by atoms with Crippen molar-refractivity contribution in [3.05, 3.63) is 5.82 Å². The maximum atomic E-state index is 4.28. The van der Waals surface area contributed by atoms with Crippen LogP contribution in [-0.2, 0) is 0 Å². The predicted molar refractivity (Wildman–Crippen MR) is 80.3 cm³/mol. The van der Waals surface area contributed by atoms with Gasteiger partial charge in [0.25, 0.3) is 0 Å². The molecule has 1 aliphatic carbocycles. The molecule has 5 nitrogen and oxygen atoms in total. The summed E-state index contributed by atoms with van der Waals surface area (Å²) in [5.41, 5.74) is 0. The van der Waals surface area contributed by atoms with Crippen LogP contribution >= 0.6 is 0 Å². The molecule has 1 fully saturated rings. The molecular formula is C15H29N5. The highest BCUT2D eigenvalue weighted by molar-refractivity contribution is 4.94. The molecule has 4 atom stereocenters. The minimum absolute atomic E-state index is 0.207. The lowest BCUT2D eigenvalue weighted by Gasteiger charge is -2.33. The van der Waals surface area contributed by atoms with Gasteiger partial charge < -0.3 is 5.32 Å². The van der Waals surface area contributed by atoms with E-state index in [0.717, 1.165) is 18.3 Å². The minimum Gasteiger partial charge on any atom is -0.307 e. The van der Waals surface area contributed by atoms with Gasteiger partial charge in [0.2, 0.25) is 0 Å². The van der Waals surface area contributed by atoms with E-state index in [2.05, 4.69) is 60.1 Å². The van der Waals surface area contributed by atoms with Crippen LogP contribution in [0.2, 0.25) is 0 Å². The third-order valence-electron chi connectivity index (χ3n) is 4.44. The van der Waals surface area contributed by atoms with E-state index in [0.29, 0.717) is 17.9 Å². The van der Waals surface area contributed by atoms with Crippen LogP contribution < -0.4 is 5.32 Å². The Morgan fingerprint density at radius 3 is 2.65 bits per heavy atom. The molecule has 0 spiro atoms. The van der Waals surface area contributed by atoms with E-state index < -0.39 is 0 Å². The first-order valence-electron chi connectivity index (χ1n) is 8.00. The van der Waals surface area contributed by atoms with Gasteiger partial charge in [0.15, 0.2) is 5.82 Å². The molecule has 1 N–H and O–H groups in total. The highest BCUT2D eigenvalue weighted by atomic mass is 15.6. The molecule has 1 aromatic rings. The van der Waals surface area contributed by atoms with Crippen LogP contribution in [0.15, 0.2) is 0 Å². The number of hydrogen-bond donors (Lipinski definition) is 1. The first-order valence-corrected chi connectivity index (χ1v) is 8.00. The van der Waals surface area contributed by atoms with Crippen molar-refractivity contribution in [2.45, 2.75) is 66.0 Å². The van der Waals surface area contributed by atoms with Crippen LogP contribution in [0, 0.1) is 17.8 Å². The summed E-state index contributed by atoms with van der Waals surface area (Å²) in [7, 11) is 0. The molecule has 0 bridgehead atoms. The highest BCUT2D eigenvalue weighted by Gasteiger charge is 2.30. The number of nitrogens with zero attached hydrogens (tertiary/aromatic N) is 4. The van der Waals surface area contributed by atoms with E-state index in [9.17, 15) is 0 Å². The first-order chi connectivity index (χ1) is 9.49. The van der Waals surface area contributed by atoms with Crippen molar-refractivity contribution in [2.75, 3.05) is 6.54 Å². The third-order valence-corrected chi connectivity index (χ3v) is 4.44. The van der Waals surface area contributed by atoms with E-state index in [4.69, 9.17) is 0 Å². The zero-order chi connectivity index (χ0) is 14.7. The molecule has 1 saturated carbocycles. The third kappa shape index (κ3) is 3.57. The van der Waals surface area contributed by atoms with Crippen molar-refractivity contribution in [1.29, 1.82) is 0 Å². The van der Waals surface area contributed by atoms with E-state index in [1.54, 1.807) is 0 Å². The van der Waals surface area contributed by atoms with Crippen molar-refractivity contribution in [1.82, 2.24) is 25.5 Å². The summed E-state index contributed by atoms with van der Waals surface area (Å²) >= 11 is 0. The Kier molecular flexibility index (Phi) is 5.13. The van der Waals surface area contributed by atoms with Crippen LogP contribution in [0.4, 0.5) is 0 Å². The second-order valence-corrected chi connectivity index (χ2v) is 6.97. The molecule has 0 saturated heterocycles. The molecule has 114 valence electrons. The normalized spacial score (nSPS) is 28.8. The summed E-state index contributed by atoms with van der Waals surface area (Å²) in [4.78, 5) is 0. The first kappa shape index (κ1) is 15.4. The van der Waals surface area contributed by atoms with Gasteiger partial charge in [-0.3, -0.25) is 0 Å². The zero-order valence-corrected chi connectivity index (χ0v) is 13.5. The molecular weight excluding hydrogens is 250 g/mol.